The molecule has 0 aliphatic rings. The number of carbonyl (C=O) groups is 2. The van der Waals surface area contributed by atoms with E-state index in [4.69, 9.17) is 0 Å². The fraction of sp³-hybridized carbons (Fsp3) is 0.208. The molecule has 0 radical (unpaired) electrons. The Hall–Kier alpha value is -3.54. The van der Waals surface area contributed by atoms with Crippen molar-refractivity contribution in [2.45, 2.75) is 18.9 Å². The molecule has 1 atom stereocenters. The van der Waals surface area contributed by atoms with Crippen molar-refractivity contribution in [1.82, 2.24) is 15.2 Å². The Balaban J connectivity index is 1.69. The van der Waals surface area contributed by atoms with E-state index in [1.807, 2.05) is 18.2 Å². The van der Waals surface area contributed by atoms with Crippen LogP contribution in [-0.2, 0) is 6.42 Å². The van der Waals surface area contributed by atoms with Gasteiger partial charge in [0.2, 0.25) is 0 Å². The summed E-state index contributed by atoms with van der Waals surface area (Å²) in [5, 5.41) is 2.86. The average Bonchev–Trinajstić information content (AvgIpc) is 2.80. The minimum atomic E-state index is -0.299. The molecule has 154 valence electrons. The van der Waals surface area contributed by atoms with Gasteiger partial charge in [-0.15, -0.1) is 0 Å². The minimum Gasteiger partial charge on any atom is -0.351 e. The molecule has 3 rings (SSSR count). The summed E-state index contributed by atoms with van der Waals surface area (Å²) in [5.74, 6) is -0.654. The molecule has 0 spiro atoms. The lowest BCUT2D eigenvalue weighted by Crippen LogP contribution is -2.41. The third-order valence-corrected chi connectivity index (χ3v) is 4.93. The fourth-order valence-electron chi connectivity index (χ4n) is 3.22. The monoisotopic (exact) mass is 405 g/mol. The van der Waals surface area contributed by atoms with Gasteiger partial charge in [-0.2, -0.15) is 0 Å². The van der Waals surface area contributed by atoms with Crippen LogP contribution in [-0.4, -0.2) is 41.3 Å². The highest BCUT2D eigenvalue weighted by atomic mass is 19.1. The summed E-state index contributed by atoms with van der Waals surface area (Å²) in [5.41, 5.74) is 1.87. The molecule has 30 heavy (non-hydrogen) atoms. The molecule has 1 heterocycles. The van der Waals surface area contributed by atoms with Crippen LogP contribution in [0.25, 0.3) is 0 Å². The van der Waals surface area contributed by atoms with Crippen LogP contribution < -0.4 is 5.32 Å². The summed E-state index contributed by atoms with van der Waals surface area (Å²) >= 11 is 0. The molecule has 0 fully saturated rings. The number of pyridine rings is 1. The fourth-order valence-corrected chi connectivity index (χ4v) is 3.22. The number of nitrogens with one attached hydrogen (secondary N) is 1. The molecule has 1 N–H and O–H groups in total. The summed E-state index contributed by atoms with van der Waals surface area (Å²) in [7, 11) is 1.75. The third kappa shape index (κ3) is 5.73. The molecule has 0 saturated carbocycles. The Bertz CT molecular complexity index is 963. The highest BCUT2D eigenvalue weighted by Crippen LogP contribution is 2.15. The van der Waals surface area contributed by atoms with E-state index >= 15 is 0 Å². The van der Waals surface area contributed by atoms with Crippen molar-refractivity contribution < 1.29 is 14.0 Å². The zero-order chi connectivity index (χ0) is 21.3. The molecule has 6 heteroatoms. The lowest BCUT2D eigenvalue weighted by molar-refractivity contribution is 0.0722. The second-order valence-electron chi connectivity index (χ2n) is 7.03. The maximum Gasteiger partial charge on any atom is 0.269 e. The van der Waals surface area contributed by atoms with Crippen LogP contribution in [0.2, 0.25) is 0 Å². The van der Waals surface area contributed by atoms with Gasteiger partial charge in [-0.05, 0) is 54.8 Å². The topological polar surface area (TPSA) is 62.3 Å². The number of hydrogen-bond acceptors (Lipinski definition) is 3. The predicted molar refractivity (Wildman–Crippen MR) is 114 cm³/mol. The molecule has 5 nitrogen and oxygen atoms in total. The number of benzene rings is 2. The zero-order valence-corrected chi connectivity index (χ0v) is 16.8. The standard InChI is InChI=1S/C24H24FN3O2/c1-28(24(30)19-7-3-2-4-8-19)21(17-18-10-12-20(25)13-11-18)14-16-27-23(29)22-9-5-6-15-26-22/h2-13,15,21H,14,16-17H2,1H3,(H,27,29). The van der Waals surface area contributed by atoms with Crippen LogP contribution in [0, 0.1) is 5.82 Å². The van der Waals surface area contributed by atoms with E-state index in [1.165, 1.54) is 12.1 Å². The van der Waals surface area contributed by atoms with Crippen molar-refractivity contribution in [3.05, 3.63) is 102 Å². The van der Waals surface area contributed by atoms with Crippen LogP contribution in [0.5, 0.6) is 0 Å². The van der Waals surface area contributed by atoms with Crippen molar-refractivity contribution in [1.29, 1.82) is 0 Å². The molecule has 0 bridgehead atoms. The number of aromatic nitrogens is 1. The molecular weight excluding hydrogens is 381 g/mol. The Kier molecular flexibility index (Phi) is 7.27. The maximum absolute atomic E-state index is 13.3. The molecular formula is C24H24FN3O2. The normalized spacial score (nSPS) is 11.5. The maximum atomic E-state index is 13.3. The van der Waals surface area contributed by atoms with Crippen molar-refractivity contribution in [3.8, 4) is 0 Å². The second kappa shape index (κ2) is 10.3. The number of rotatable bonds is 8. The van der Waals surface area contributed by atoms with Crippen molar-refractivity contribution in [2.75, 3.05) is 13.6 Å². The Morgan fingerprint density at radius 2 is 1.70 bits per heavy atom. The zero-order valence-electron chi connectivity index (χ0n) is 16.8. The van der Waals surface area contributed by atoms with Gasteiger partial charge in [0.15, 0.2) is 0 Å². The first-order chi connectivity index (χ1) is 14.5. The second-order valence-corrected chi connectivity index (χ2v) is 7.03. The van der Waals surface area contributed by atoms with Crippen LogP contribution in [0.3, 0.4) is 0 Å². The molecule has 0 aliphatic heterocycles. The summed E-state index contributed by atoms with van der Waals surface area (Å²) in [6, 6.07) is 20.3. The van der Waals surface area contributed by atoms with Crippen LogP contribution in [0.15, 0.2) is 79.0 Å². The van der Waals surface area contributed by atoms with Gasteiger partial charge in [0.1, 0.15) is 11.5 Å². The first kappa shape index (κ1) is 21.2. The number of nitrogens with zero attached hydrogens (tertiary/aromatic N) is 2. The molecule has 1 unspecified atom stereocenters. The van der Waals surface area contributed by atoms with Gasteiger partial charge in [-0.1, -0.05) is 36.4 Å². The summed E-state index contributed by atoms with van der Waals surface area (Å²) in [6.07, 6.45) is 2.67. The minimum absolute atomic E-state index is 0.0984. The van der Waals surface area contributed by atoms with Crippen LogP contribution in [0.4, 0.5) is 4.39 Å². The number of amides is 2. The average molecular weight is 405 g/mol. The molecule has 0 aliphatic carbocycles. The molecule has 1 aromatic heterocycles. The van der Waals surface area contributed by atoms with Crippen LogP contribution >= 0.6 is 0 Å². The summed E-state index contributed by atoms with van der Waals surface area (Å²) in [6.45, 7) is 0.383. The Morgan fingerprint density at radius 1 is 1.00 bits per heavy atom. The SMILES string of the molecule is CN(C(=O)c1ccccc1)C(CCNC(=O)c1ccccn1)Cc1ccc(F)cc1. The highest BCUT2D eigenvalue weighted by Gasteiger charge is 2.22. The quantitative estimate of drug-likeness (QED) is 0.621. The van der Waals surface area contributed by atoms with E-state index in [0.717, 1.165) is 5.56 Å². The largest absolute Gasteiger partial charge is 0.351 e. The first-order valence-corrected chi connectivity index (χ1v) is 9.80. The molecule has 3 aromatic rings. The third-order valence-electron chi connectivity index (χ3n) is 4.93. The lowest BCUT2D eigenvalue weighted by Gasteiger charge is -2.29. The first-order valence-electron chi connectivity index (χ1n) is 9.80. The van der Waals surface area contributed by atoms with Gasteiger partial charge in [-0.25, -0.2) is 4.39 Å². The smallest absolute Gasteiger partial charge is 0.269 e. The number of halogens is 1. The van der Waals surface area contributed by atoms with E-state index in [1.54, 1.807) is 60.6 Å². The van der Waals surface area contributed by atoms with E-state index in [-0.39, 0.29) is 23.7 Å². The van der Waals surface area contributed by atoms with Gasteiger partial charge in [-0.3, -0.25) is 14.6 Å². The van der Waals surface area contributed by atoms with Crippen molar-refractivity contribution in [3.63, 3.8) is 0 Å². The number of likely N-dealkylation sites (N-methyl/N-ethyl adjacent to an activating group) is 1. The predicted octanol–water partition coefficient (Wildman–Crippen LogP) is 3.72. The van der Waals surface area contributed by atoms with Gasteiger partial charge in [0.05, 0.1) is 0 Å². The van der Waals surface area contributed by atoms with Gasteiger partial charge >= 0.3 is 0 Å². The Labute approximate surface area is 175 Å². The van der Waals surface area contributed by atoms with Crippen LogP contribution in [0.1, 0.15) is 32.8 Å². The lowest BCUT2D eigenvalue weighted by atomic mass is 10.0. The number of carbonyl (C=O) groups excluding carboxylic acids is 2. The summed E-state index contributed by atoms with van der Waals surface area (Å²) < 4.78 is 13.3. The number of hydrogen-bond donors (Lipinski definition) is 1. The van der Waals surface area contributed by atoms with Gasteiger partial charge < -0.3 is 10.2 Å². The summed E-state index contributed by atoms with van der Waals surface area (Å²) in [4.78, 5) is 30.9. The van der Waals surface area contributed by atoms with Gasteiger partial charge in [0.25, 0.3) is 11.8 Å². The molecule has 2 amide bonds. The van der Waals surface area contributed by atoms with E-state index < -0.39 is 0 Å². The molecule has 0 saturated heterocycles. The van der Waals surface area contributed by atoms with E-state index in [9.17, 15) is 14.0 Å². The van der Waals surface area contributed by atoms with E-state index in [2.05, 4.69) is 10.3 Å². The highest BCUT2D eigenvalue weighted by molar-refractivity contribution is 5.94. The van der Waals surface area contributed by atoms with Crippen molar-refractivity contribution in [2.24, 2.45) is 0 Å². The van der Waals surface area contributed by atoms with E-state index in [0.29, 0.717) is 30.6 Å². The molecule has 2 aromatic carbocycles. The van der Waals surface area contributed by atoms with Crippen molar-refractivity contribution >= 4 is 11.8 Å². The Morgan fingerprint density at radius 3 is 2.37 bits per heavy atom. The van der Waals surface area contributed by atoms with Gasteiger partial charge in [0, 0.05) is 31.4 Å².